The summed E-state index contributed by atoms with van der Waals surface area (Å²) in [6.45, 7) is 0. The van der Waals surface area contributed by atoms with Gasteiger partial charge in [0.25, 0.3) is 0 Å². The Morgan fingerprint density at radius 2 is 0.688 bits per heavy atom. The predicted octanol–water partition coefficient (Wildman–Crippen LogP) is 2.02. The van der Waals surface area contributed by atoms with E-state index in [4.69, 9.17) is 0 Å². The Hall–Kier alpha value is -2.10. The van der Waals surface area contributed by atoms with Crippen molar-refractivity contribution in [3.8, 4) is 0 Å². The summed E-state index contributed by atoms with van der Waals surface area (Å²) in [7, 11) is 0.139. The van der Waals surface area contributed by atoms with Crippen LogP contribution < -0.4 is 0 Å². The Labute approximate surface area is 94.7 Å². The zero-order chi connectivity index (χ0) is 10.8. The largest absolute Gasteiger partial charge is 0.514 e. The lowest BCUT2D eigenvalue weighted by Crippen LogP contribution is -2.39. The van der Waals surface area contributed by atoms with E-state index in [-0.39, 0.29) is 7.12 Å². The molecule has 16 heavy (non-hydrogen) atoms. The van der Waals surface area contributed by atoms with E-state index in [1.165, 1.54) is 0 Å². The van der Waals surface area contributed by atoms with Gasteiger partial charge in [-0.05, 0) is 73.6 Å². The standard InChI is InChI=1S/C12H12BN3/c1-2-8-14(7-1)13(15-9-3-4-10-15)16-11-5-6-12-16/h1-12H/q-1. The fraction of sp³-hybridized carbons (Fsp3) is 0. The Bertz CT molecular complexity index is 441. The normalized spacial score (nSPS) is 11.1. The molecule has 3 heterocycles. The molecular formula is C12H12BN3-. The lowest BCUT2D eigenvalue weighted by atomic mass is 9.92. The fourth-order valence-corrected chi connectivity index (χ4v) is 1.97. The van der Waals surface area contributed by atoms with Crippen molar-refractivity contribution in [3.05, 3.63) is 73.6 Å². The molecule has 0 N–H and O–H groups in total. The number of rotatable bonds is 3. The van der Waals surface area contributed by atoms with Crippen LogP contribution in [0, 0.1) is 0 Å². The highest BCUT2D eigenvalue weighted by molar-refractivity contribution is 6.53. The van der Waals surface area contributed by atoms with Crippen LogP contribution >= 0.6 is 0 Å². The summed E-state index contributed by atoms with van der Waals surface area (Å²) in [5.41, 5.74) is 0. The first-order chi connectivity index (χ1) is 7.95. The SMILES string of the molecule is c1ccn([B-](n2cccc2)n2cccc2)c1. The minimum absolute atomic E-state index is 0.139. The average molecular weight is 209 g/mol. The van der Waals surface area contributed by atoms with Crippen LogP contribution in [0.25, 0.3) is 0 Å². The third-order valence-electron chi connectivity index (χ3n) is 2.68. The first kappa shape index (κ1) is 9.15. The van der Waals surface area contributed by atoms with Crippen molar-refractivity contribution < 1.29 is 0 Å². The summed E-state index contributed by atoms with van der Waals surface area (Å²) >= 11 is 0. The molecule has 1 radical (unpaired) electrons. The summed E-state index contributed by atoms with van der Waals surface area (Å²) in [5.74, 6) is 0. The highest BCUT2D eigenvalue weighted by atomic mass is 15.2. The van der Waals surface area contributed by atoms with Crippen molar-refractivity contribution in [2.45, 2.75) is 0 Å². The van der Waals surface area contributed by atoms with Crippen molar-refractivity contribution in [1.29, 1.82) is 0 Å². The van der Waals surface area contributed by atoms with E-state index in [0.29, 0.717) is 0 Å². The van der Waals surface area contributed by atoms with E-state index in [1.54, 1.807) is 0 Å². The molecule has 79 valence electrons. The predicted molar refractivity (Wildman–Crippen MR) is 65.2 cm³/mol. The topological polar surface area (TPSA) is 14.8 Å². The van der Waals surface area contributed by atoms with Gasteiger partial charge < -0.3 is 13.4 Å². The molecule has 3 rings (SSSR count). The number of aromatic nitrogens is 3. The molecule has 0 atom stereocenters. The smallest absolute Gasteiger partial charge is 0.201 e. The summed E-state index contributed by atoms with van der Waals surface area (Å²) in [4.78, 5) is 0. The van der Waals surface area contributed by atoms with Crippen molar-refractivity contribution in [1.82, 2.24) is 13.4 Å². The average Bonchev–Trinajstić information content (AvgIpc) is 3.02. The van der Waals surface area contributed by atoms with Crippen LogP contribution in [0.5, 0.6) is 0 Å². The van der Waals surface area contributed by atoms with Crippen molar-refractivity contribution in [3.63, 3.8) is 0 Å². The second-order valence-electron chi connectivity index (χ2n) is 3.74. The highest BCUT2D eigenvalue weighted by Gasteiger charge is 2.03. The third kappa shape index (κ3) is 1.48. The van der Waals surface area contributed by atoms with Gasteiger partial charge in [-0.1, -0.05) is 0 Å². The van der Waals surface area contributed by atoms with Gasteiger partial charge in [0.05, 0.1) is 0 Å². The lowest BCUT2D eigenvalue weighted by Gasteiger charge is -2.33. The number of hydrogen-bond acceptors (Lipinski definition) is 0. The maximum Gasteiger partial charge on any atom is 0.201 e. The zero-order valence-electron chi connectivity index (χ0n) is 8.85. The Kier molecular flexibility index (Phi) is 2.18. The van der Waals surface area contributed by atoms with E-state index in [1.807, 2.05) is 36.4 Å². The van der Waals surface area contributed by atoms with E-state index in [9.17, 15) is 0 Å². The van der Waals surface area contributed by atoms with E-state index < -0.39 is 0 Å². The molecule has 0 saturated carbocycles. The molecule has 3 aromatic heterocycles. The summed E-state index contributed by atoms with van der Waals surface area (Å²) < 4.78 is 6.50. The van der Waals surface area contributed by atoms with E-state index >= 15 is 0 Å². The quantitative estimate of drug-likeness (QED) is 0.586. The van der Waals surface area contributed by atoms with Gasteiger partial charge in [-0.25, -0.2) is 0 Å². The van der Waals surface area contributed by atoms with Crippen molar-refractivity contribution >= 4 is 7.12 Å². The fourth-order valence-electron chi connectivity index (χ4n) is 1.97. The van der Waals surface area contributed by atoms with Gasteiger partial charge in [0, 0.05) is 0 Å². The molecule has 0 bridgehead atoms. The zero-order valence-corrected chi connectivity index (χ0v) is 8.85. The molecule has 3 nitrogen and oxygen atoms in total. The molecule has 4 heteroatoms. The van der Waals surface area contributed by atoms with Crippen LogP contribution in [0.3, 0.4) is 0 Å². The molecule has 0 aliphatic heterocycles. The molecule has 0 aliphatic rings. The Morgan fingerprint density at radius 3 is 0.938 bits per heavy atom. The van der Waals surface area contributed by atoms with E-state index in [2.05, 4.69) is 50.6 Å². The first-order valence-electron chi connectivity index (χ1n) is 5.32. The molecule has 0 unspecified atom stereocenters. The summed E-state index contributed by atoms with van der Waals surface area (Å²) in [6, 6.07) is 12.2. The van der Waals surface area contributed by atoms with Crippen LogP contribution in [0.2, 0.25) is 0 Å². The lowest BCUT2D eigenvalue weighted by molar-refractivity contribution is 0.965. The molecule has 0 aromatic carbocycles. The second-order valence-corrected chi connectivity index (χ2v) is 3.74. The van der Waals surface area contributed by atoms with Gasteiger partial charge in [0.15, 0.2) is 0 Å². The van der Waals surface area contributed by atoms with Crippen LogP contribution in [0.15, 0.2) is 73.6 Å². The minimum Gasteiger partial charge on any atom is -0.514 e. The molecule has 3 aromatic rings. The first-order valence-corrected chi connectivity index (χ1v) is 5.32. The van der Waals surface area contributed by atoms with Crippen molar-refractivity contribution in [2.75, 3.05) is 0 Å². The summed E-state index contributed by atoms with van der Waals surface area (Å²) in [6.07, 6.45) is 12.4. The molecule has 0 spiro atoms. The van der Waals surface area contributed by atoms with Gasteiger partial charge in [-0.15, -0.1) is 0 Å². The monoisotopic (exact) mass is 209 g/mol. The van der Waals surface area contributed by atoms with Crippen molar-refractivity contribution in [2.24, 2.45) is 0 Å². The molecule has 0 amide bonds. The maximum atomic E-state index is 2.17. The van der Waals surface area contributed by atoms with Gasteiger partial charge in [0.2, 0.25) is 7.12 Å². The molecular weight excluding hydrogens is 197 g/mol. The third-order valence-corrected chi connectivity index (χ3v) is 2.68. The summed E-state index contributed by atoms with van der Waals surface area (Å²) in [5, 5.41) is 0. The molecule has 0 saturated heterocycles. The van der Waals surface area contributed by atoms with Gasteiger partial charge in [-0.2, -0.15) is 0 Å². The minimum atomic E-state index is 0.139. The number of nitrogens with zero attached hydrogens (tertiary/aromatic N) is 3. The second kappa shape index (κ2) is 3.81. The van der Waals surface area contributed by atoms with Crippen LogP contribution in [0.1, 0.15) is 0 Å². The van der Waals surface area contributed by atoms with Crippen LogP contribution in [0.4, 0.5) is 0 Å². The van der Waals surface area contributed by atoms with Crippen LogP contribution in [-0.4, -0.2) is 20.6 Å². The van der Waals surface area contributed by atoms with Gasteiger partial charge >= 0.3 is 0 Å². The van der Waals surface area contributed by atoms with Gasteiger partial charge in [-0.3, -0.25) is 0 Å². The highest BCUT2D eigenvalue weighted by Crippen LogP contribution is 2.03. The van der Waals surface area contributed by atoms with Gasteiger partial charge in [0.1, 0.15) is 0 Å². The van der Waals surface area contributed by atoms with Crippen LogP contribution in [-0.2, 0) is 0 Å². The Morgan fingerprint density at radius 1 is 0.438 bits per heavy atom. The Balaban J connectivity index is 2.09. The maximum absolute atomic E-state index is 2.17. The number of hydrogen-bond donors (Lipinski definition) is 0. The van der Waals surface area contributed by atoms with E-state index in [0.717, 1.165) is 0 Å². The molecule has 0 fully saturated rings. The molecule has 0 aliphatic carbocycles.